The van der Waals surface area contributed by atoms with Crippen LogP contribution in [0.1, 0.15) is 45.6 Å². The van der Waals surface area contributed by atoms with Crippen LogP contribution < -0.4 is 16.0 Å². The topological polar surface area (TPSA) is 85.8 Å². The molecule has 0 saturated carbocycles. The molecule has 1 aliphatic rings. The summed E-state index contributed by atoms with van der Waals surface area (Å²) in [5.41, 5.74) is 1.87. The van der Waals surface area contributed by atoms with E-state index in [1.54, 1.807) is 0 Å². The summed E-state index contributed by atoms with van der Waals surface area (Å²) < 4.78 is 0. The molecule has 2 rings (SSSR count). The Balaban J connectivity index is 0.00000420. The molecule has 0 aliphatic carbocycles. The monoisotopic (exact) mass is 515 g/mol. The molecule has 162 valence electrons. The van der Waals surface area contributed by atoms with Crippen molar-refractivity contribution in [3.05, 3.63) is 29.8 Å². The number of halogens is 1. The molecular weight excluding hydrogens is 481 g/mol. The van der Waals surface area contributed by atoms with Crippen molar-refractivity contribution >= 4 is 47.4 Å². The minimum atomic E-state index is -0.0402. The lowest BCUT2D eigenvalue weighted by Gasteiger charge is -2.16. The number of likely N-dealkylation sites (tertiary alicyclic amines) is 1. The quantitative estimate of drug-likeness (QED) is 0.204. The van der Waals surface area contributed by atoms with Gasteiger partial charge in [-0.15, -0.1) is 24.0 Å². The van der Waals surface area contributed by atoms with E-state index in [0.29, 0.717) is 13.0 Å². The Labute approximate surface area is 191 Å². The summed E-state index contributed by atoms with van der Waals surface area (Å²) in [7, 11) is 0. The van der Waals surface area contributed by atoms with Crippen molar-refractivity contribution in [2.75, 3.05) is 31.5 Å². The van der Waals surface area contributed by atoms with E-state index < -0.39 is 0 Å². The first-order valence-electron chi connectivity index (χ1n) is 10.2. The van der Waals surface area contributed by atoms with Crippen LogP contribution in [0.15, 0.2) is 29.3 Å². The maximum Gasteiger partial charge on any atom is 0.226 e. The number of carbonyl (C=O) groups is 2. The largest absolute Gasteiger partial charge is 0.357 e. The van der Waals surface area contributed by atoms with Crippen LogP contribution in [0, 0.1) is 5.92 Å². The van der Waals surface area contributed by atoms with E-state index in [1.807, 2.05) is 49.9 Å². The number of guanidine groups is 1. The molecule has 0 bridgehead atoms. The predicted molar refractivity (Wildman–Crippen MR) is 129 cm³/mol. The van der Waals surface area contributed by atoms with Crippen molar-refractivity contribution in [1.82, 2.24) is 15.5 Å². The van der Waals surface area contributed by atoms with Gasteiger partial charge in [-0.25, -0.2) is 4.99 Å². The molecule has 2 amide bonds. The van der Waals surface area contributed by atoms with Gasteiger partial charge in [-0.2, -0.15) is 0 Å². The first-order valence-corrected chi connectivity index (χ1v) is 10.2. The maximum absolute atomic E-state index is 11.7. The van der Waals surface area contributed by atoms with Gasteiger partial charge in [-0.3, -0.25) is 9.59 Å². The number of amides is 2. The van der Waals surface area contributed by atoms with Gasteiger partial charge in [0.15, 0.2) is 5.96 Å². The van der Waals surface area contributed by atoms with Gasteiger partial charge in [0.05, 0.1) is 6.54 Å². The highest BCUT2D eigenvalue weighted by Gasteiger charge is 2.18. The van der Waals surface area contributed by atoms with E-state index in [1.165, 1.54) is 0 Å². The van der Waals surface area contributed by atoms with Gasteiger partial charge in [-0.05, 0) is 37.5 Å². The van der Waals surface area contributed by atoms with Gasteiger partial charge in [0.2, 0.25) is 11.8 Å². The van der Waals surface area contributed by atoms with Crippen LogP contribution in [0.3, 0.4) is 0 Å². The number of anilines is 1. The van der Waals surface area contributed by atoms with Crippen LogP contribution >= 0.6 is 24.0 Å². The van der Waals surface area contributed by atoms with Crippen molar-refractivity contribution in [2.24, 2.45) is 10.9 Å². The molecule has 0 atom stereocenters. The van der Waals surface area contributed by atoms with Crippen molar-refractivity contribution in [2.45, 2.75) is 46.6 Å². The standard InChI is InChI=1S/C21H33N5O2.HI/c1-4-22-21(23-12-6-14-26-13-5-7-19(26)27)24-15-17-8-10-18(11-9-17)25-20(28)16(2)3;/h8-11,16H,4-7,12-15H2,1-3H3,(H,25,28)(H2,22,23,24);1H. The minimum absolute atomic E-state index is 0. The minimum Gasteiger partial charge on any atom is -0.357 e. The highest BCUT2D eigenvalue weighted by molar-refractivity contribution is 14.0. The molecule has 1 fully saturated rings. The van der Waals surface area contributed by atoms with Gasteiger partial charge in [0.25, 0.3) is 0 Å². The highest BCUT2D eigenvalue weighted by Crippen LogP contribution is 2.12. The molecule has 0 aromatic heterocycles. The second-order valence-electron chi connectivity index (χ2n) is 7.30. The number of nitrogens with zero attached hydrogens (tertiary/aromatic N) is 2. The molecule has 0 radical (unpaired) electrons. The maximum atomic E-state index is 11.7. The Hall–Kier alpha value is -1.84. The summed E-state index contributed by atoms with van der Waals surface area (Å²) in [6.07, 6.45) is 2.58. The van der Waals surface area contributed by atoms with Crippen LogP contribution in [-0.4, -0.2) is 48.9 Å². The number of hydrogen-bond acceptors (Lipinski definition) is 3. The lowest BCUT2D eigenvalue weighted by Crippen LogP contribution is -2.39. The Kier molecular flexibility index (Phi) is 11.6. The Morgan fingerprint density at radius 1 is 1.21 bits per heavy atom. The number of rotatable bonds is 9. The fourth-order valence-corrected chi connectivity index (χ4v) is 2.91. The zero-order chi connectivity index (χ0) is 20.4. The van der Waals surface area contributed by atoms with Gasteiger partial charge in [0.1, 0.15) is 0 Å². The Morgan fingerprint density at radius 2 is 1.93 bits per heavy atom. The van der Waals surface area contributed by atoms with Gasteiger partial charge in [0, 0.05) is 44.2 Å². The first-order chi connectivity index (χ1) is 13.5. The molecule has 0 unspecified atom stereocenters. The third-order valence-corrected chi connectivity index (χ3v) is 4.58. The lowest BCUT2D eigenvalue weighted by atomic mass is 10.2. The first kappa shape index (κ1) is 25.2. The van der Waals surface area contributed by atoms with Crippen LogP contribution in [0.4, 0.5) is 5.69 Å². The molecule has 1 heterocycles. The predicted octanol–water partition coefficient (Wildman–Crippen LogP) is 2.97. The zero-order valence-corrected chi connectivity index (χ0v) is 20.0. The summed E-state index contributed by atoms with van der Waals surface area (Å²) in [5.74, 6) is 1.02. The third kappa shape index (κ3) is 9.01. The number of hydrogen-bond donors (Lipinski definition) is 3. The molecule has 1 saturated heterocycles. The van der Waals surface area contributed by atoms with Crippen LogP contribution in [0.25, 0.3) is 0 Å². The molecule has 8 heteroatoms. The summed E-state index contributed by atoms with van der Waals surface area (Å²) in [5, 5.41) is 9.45. The van der Waals surface area contributed by atoms with E-state index in [9.17, 15) is 9.59 Å². The number of nitrogens with one attached hydrogen (secondary N) is 3. The number of carbonyl (C=O) groups excluding carboxylic acids is 2. The summed E-state index contributed by atoms with van der Waals surface area (Å²) in [6, 6.07) is 7.75. The fourth-order valence-electron chi connectivity index (χ4n) is 2.91. The average Bonchev–Trinajstić information content (AvgIpc) is 3.09. The summed E-state index contributed by atoms with van der Waals surface area (Å²) in [4.78, 5) is 29.9. The van der Waals surface area contributed by atoms with Crippen molar-refractivity contribution < 1.29 is 9.59 Å². The number of benzene rings is 1. The van der Waals surface area contributed by atoms with Crippen LogP contribution in [-0.2, 0) is 16.1 Å². The molecule has 1 aromatic carbocycles. The molecular formula is C21H34IN5O2. The van der Waals surface area contributed by atoms with Crippen molar-refractivity contribution in [1.29, 1.82) is 0 Å². The van der Waals surface area contributed by atoms with Crippen molar-refractivity contribution in [3.8, 4) is 0 Å². The van der Waals surface area contributed by atoms with E-state index in [-0.39, 0.29) is 41.7 Å². The van der Waals surface area contributed by atoms with Gasteiger partial charge in [-0.1, -0.05) is 26.0 Å². The molecule has 3 N–H and O–H groups in total. The van der Waals surface area contributed by atoms with Gasteiger partial charge < -0.3 is 20.9 Å². The molecule has 29 heavy (non-hydrogen) atoms. The van der Waals surface area contributed by atoms with E-state index in [2.05, 4.69) is 20.9 Å². The molecule has 1 aliphatic heterocycles. The SMILES string of the molecule is CCNC(=NCc1ccc(NC(=O)C(C)C)cc1)NCCCN1CCCC1=O.I. The second-order valence-corrected chi connectivity index (χ2v) is 7.30. The Morgan fingerprint density at radius 3 is 2.52 bits per heavy atom. The van der Waals surface area contributed by atoms with Crippen LogP contribution in [0.5, 0.6) is 0 Å². The Bertz CT molecular complexity index is 676. The normalized spacial score (nSPS) is 14.0. The summed E-state index contributed by atoms with van der Waals surface area (Å²) >= 11 is 0. The second kappa shape index (κ2) is 13.4. The van der Waals surface area contributed by atoms with E-state index in [4.69, 9.17) is 0 Å². The molecule has 1 aromatic rings. The molecule has 0 spiro atoms. The van der Waals surface area contributed by atoms with E-state index >= 15 is 0 Å². The van der Waals surface area contributed by atoms with Crippen LogP contribution in [0.2, 0.25) is 0 Å². The van der Waals surface area contributed by atoms with E-state index in [0.717, 1.165) is 56.2 Å². The zero-order valence-electron chi connectivity index (χ0n) is 17.7. The lowest BCUT2D eigenvalue weighted by molar-refractivity contribution is -0.127. The smallest absolute Gasteiger partial charge is 0.226 e. The fraction of sp³-hybridized carbons (Fsp3) is 0.571. The third-order valence-electron chi connectivity index (χ3n) is 4.58. The molecule has 7 nitrogen and oxygen atoms in total. The summed E-state index contributed by atoms with van der Waals surface area (Å²) in [6.45, 7) is 9.58. The average molecular weight is 515 g/mol. The van der Waals surface area contributed by atoms with Gasteiger partial charge >= 0.3 is 0 Å². The number of aliphatic imine (C=N–C) groups is 1. The van der Waals surface area contributed by atoms with Crippen molar-refractivity contribution in [3.63, 3.8) is 0 Å². The highest BCUT2D eigenvalue weighted by atomic mass is 127.